The summed E-state index contributed by atoms with van der Waals surface area (Å²) in [5.41, 5.74) is 0.000274. The lowest BCUT2D eigenvalue weighted by molar-refractivity contribution is -0.274. The van der Waals surface area contributed by atoms with E-state index in [1.165, 1.54) is 12.1 Å². The number of rotatable bonds is 7. The van der Waals surface area contributed by atoms with Crippen molar-refractivity contribution in [3.05, 3.63) is 59.7 Å². The number of ketones is 1. The summed E-state index contributed by atoms with van der Waals surface area (Å²) in [6.07, 6.45) is -4.87. The average molecular weight is 503 g/mol. The minimum atomic E-state index is -4.95. The van der Waals surface area contributed by atoms with Gasteiger partial charge in [0.05, 0.1) is 6.04 Å². The first kappa shape index (κ1) is 24.1. The molecule has 1 atom stereocenters. The predicted molar refractivity (Wildman–Crippen MR) is 109 cm³/mol. The highest BCUT2D eigenvalue weighted by Crippen LogP contribution is 2.32. The van der Waals surface area contributed by atoms with Gasteiger partial charge in [0.1, 0.15) is 23.0 Å². The van der Waals surface area contributed by atoms with Gasteiger partial charge in [-0.25, -0.2) is 17.2 Å². The van der Waals surface area contributed by atoms with E-state index in [0.717, 1.165) is 34.6 Å². The van der Waals surface area contributed by atoms with Gasteiger partial charge in [0.2, 0.25) is 5.09 Å². The van der Waals surface area contributed by atoms with Gasteiger partial charge in [0, 0.05) is 24.4 Å². The highest BCUT2D eigenvalue weighted by atomic mass is 32.2. The second-order valence-corrected chi connectivity index (χ2v) is 9.61. The van der Waals surface area contributed by atoms with E-state index in [4.69, 9.17) is 4.42 Å². The molecule has 1 saturated heterocycles. The van der Waals surface area contributed by atoms with E-state index in [2.05, 4.69) is 4.74 Å². The summed E-state index contributed by atoms with van der Waals surface area (Å²) in [5, 5.41) is -0.187. The third kappa shape index (κ3) is 5.07. The Balaban J connectivity index is 1.50. The van der Waals surface area contributed by atoms with Crippen LogP contribution in [-0.4, -0.2) is 37.5 Å². The van der Waals surface area contributed by atoms with Crippen LogP contribution in [0.1, 0.15) is 24.8 Å². The second kappa shape index (κ2) is 8.99. The molecule has 0 aliphatic carbocycles. The van der Waals surface area contributed by atoms with Crippen LogP contribution < -0.4 is 4.74 Å². The summed E-state index contributed by atoms with van der Waals surface area (Å²) in [5.74, 6) is -2.51. The van der Waals surface area contributed by atoms with E-state index in [1.807, 2.05) is 0 Å². The molecule has 0 saturated carbocycles. The van der Waals surface area contributed by atoms with Gasteiger partial charge in [-0.15, -0.1) is 13.2 Å². The number of halogens is 5. The molecule has 3 aromatic rings. The quantitative estimate of drug-likeness (QED) is 0.426. The SMILES string of the molecule is O=C(CCc1cc(OC(F)(F)F)ccc1F)C1CCCN1S(=O)(=O)c1cc2cc(F)ccc2o1. The standard InChI is InChI=1S/C22H18F5NO5S/c23-15-4-8-20-14(10-15)12-21(32-20)34(30,31)28-9-1-2-18(28)19(29)7-3-13-11-16(5-6-17(13)24)33-22(25,26)27/h4-6,8,10-12,18H,1-3,7,9H2. The molecular formula is C22H18F5NO5S. The number of hydrogen-bond acceptors (Lipinski definition) is 5. The molecule has 4 rings (SSSR count). The highest BCUT2D eigenvalue weighted by Gasteiger charge is 2.40. The van der Waals surface area contributed by atoms with Crippen molar-refractivity contribution in [2.24, 2.45) is 0 Å². The molecule has 0 spiro atoms. The number of carbonyl (C=O) groups excluding carboxylic acids is 1. The van der Waals surface area contributed by atoms with Crippen LogP contribution in [0.2, 0.25) is 0 Å². The number of alkyl halides is 3. The van der Waals surface area contributed by atoms with E-state index >= 15 is 0 Å². The molecule has 6 nitrogen and oxygen atoms in total. The number of ether oxygens (including phenoxy) is 1. The normalized spacial score (nSPS) is 17.4. The van der Waals surface area contributed by atoms with Crippen LogP contribution in [0.3, 0.4) is 0 Å². The van der Waals surface area contributed by atoms with Crippen LogP contribution >= 0.6 is 0 Å². The topological polar surface area (TPSA) is 76.8 Å². The van der Waals surface area contributed by atoms with Crippen LogP contribution in [0.25, 0.3) is 11.0 Å². The Morgan fingerprint density at radius 1 is 1.12 bits per heavy atom. The van der Waals surface area contributed by atoms with Crippen LogP contribution in [-0.2, 0) is 21.2 Å². The summed E-state index contributed by atoms with van der Waals surface area (Å²) in [6.45, 7) is 0.0490. The van der Waals surface area contributed by atoms with Gasteiger partial charge in [0.15, 0.2) is 5.78 Å². The maximum Gasteiger partial charge on any atom is 0.573 e. The lowest BCUT2D eigenvalue weighted by Gasteiger charge is -2.22. The molecule has 0 amide bonds. The molecule has 1 fully saturated rings. The number of hydrogen-bond donors (Lipinski definition) is 0. The molecule has 0 radical (unpaired) electrons. The molecule has 34 heavy (non-hydrogen) atoms. The van der Waals surface area contributed by atoms with Crippen LogP contribution in [0.15, 0.2) is 52.0 Å². The number of carbonyl (C=O) groups is 1. The van der Waals surface area contributed by atoms with Gasteiger partial charge in [-0.2, -0.15) is 4.31 Å². The number of aryl methyl sites for hydroxylation is 1. The molecular weight excluding hydrogens is 485 g/mol. The van der Waals surface area contributed by atoms with Gasteiger partial charge in [-0.05, 0) is 61.2 Å². The molecule has 1 aliphatic heterocycles. The van der Waals surface area contributed by atoms with E-state index in [-0.39, 0.29) is 42.3 Å². The zero-order chi connectivity index (χ0) is 24.7. The Kier molecular flexibility index (Phi) is 6.38. The number of furan rings is 1. The molecule has 0 bridgehead atoms. The zero-order valence-electron chi connectivity index (χ0n) is 17.4. The van der Waals surface area contributed by atoms with E-state index in [0.29, 0.717) is 6.42 Å². The van der Waals surface area contributed by atoms with Crippen LogP contribution in [0, 0.1) is 11.6 Å². The number of sulfonamides is 1. The Labute approximate surface area is 191 Å². The minimum Gasteiger partial charge on any atom is -0.443 e. The number of fused-ring (bicyclic) bond motifs is 1. The van der Waals surface area contributed by atoms with Crippen LogP contribution in [0.5, 0.6) is 5.75 Å². The second-order valence-electron chi connectivity index (χ2n) is 7.79. The molecule has 2 heterocycles. The molecule has 1 aliphatic rings. The Hall–Kier alpha value is -2.99. The van der Waals surface area contributed by atoms with Crippen molar-refractivity contribution in [1.82, 2.24) is 4.31 Å². The van der Waals surface area contributed by atoms with Gasteiger partial charge in [0.25, 0.3) is 10.0 Å². The maximum atomic E-state index is 14.1. The molecule has 1 unspecified atom stereocenters. The summed E-state index contributed by atoms with van der Waals surface area (Å²) >= 11 is 0. The Morgan fingerprint density at radius 2 is 1.88 bits per heavy atom. The first-order valence-corrected chi connectivity index (χ1v) is 11.7. The van der Waals surface area contributed by atoms with Crippen molar-refractivity contribution in [1.29, 1.82) is 0 Å². The largest absolute Gasteiger partial charge is 0.573 e. The monoisotopic (exact) mass is 503 g/mol. The van der Waals surface area contributed by atoms with Gasteiger partial charge in [-0.3, -0.25) is 4.79 Å². The molecule has 182 valence electrons. The molecule has 0 N–H and O–H groups in total. The fraction of sp³-hybridized carbons (Fsp3) is 0.318. The van der Waals surface area contributed by atoms with Gasteiger partial charge < -0.3 is 9.15 Å². The van der Waals surface area contributed by atoms with Crippen molar-refractivity contribution in [2.45, 2.75) is 43.2 Å². The summed E-state index contributed by atoms with van der Waals surface area (Å²) < 4.78 is 101. The highest BCUT2D eigenvalue weighted by molar-refractivity contribution is 7.89. The van der Waals surface area contributed by atoms with E-state index in [1.54, 1.807) is 0 Å². The van der Waals surface area contributed by atoms with Crippen molar-refractivity contribution in [3.8, 4) is 5.75 Å². The number of Topliss-reactive ketones (excluding diaryl/α,β-unsaturated/α-hetero) is 1. The first-order chi connectivity index (χ1) is 15.9. The zero-order valence-corrected chi connectivity index (χ0v) is 18.3. The summed E-state index contributed by atoms with van der Waals surface area (Å²) in [4.78, 5) is 12.8. The van der Waals surface area contributed by atoms with Crippen molar-refractivity contribution in [3.63, 3.8) is 0 Å². The van der Waals surface area contributed by atoms with Crippen LogP contribution in [0.4, 0.5) is 22.0 Å². The van der Waals surface area contributed by atoms with Crippen molar-refractivity contribution < 1.29 is 44.3 Å². The lowest BCUT2D eigenvalue weighted by atomic mass is 10.0. The van der Waals surface area contributed by atoms with Gasteiger partial charge >= 0.3 is 6.36 Å². The molecule has 12 heteroatoms. The summed E-state index contributed by atoms with van der Waals surface area (Å²) in [7, 11) is -4.22. The number of nitrogens with zero attached hydrogens (tertiary/aromatic N) is 1. The predicted octanol–water partition coefficient (Wildman–Crippen LogP) is 4.96. The van der Waals surface area contributed by atoms with Crippen molar-refractivity contribution in [2.75, 3.05) is 6.54 Å². The maximum absolute atomic E-state index is 14.1. The number of benzene rings is 2. The van der Waals surface area contributed by atoms with E-state index < -0.39 is 50.7 Å². The third-order valence-corrected chi connectivity index (χ3v) is 7.25. The average Bonchev–Trinajstić information content (AvgIpc) is 3.40. The molecule has 1 aromatic heterocycles. The Morgan fingerprint density at radius 3 is 2.62 bits per heavy atom. The Bertz CT molecular complexity index is 1340. The van der Waals surface area contributed by atoms with Gasteiger partial charge in [-0.1, -0.05) is 0 Å². The fourth-order valence-electron chi connectivity index (χ4n) is 3.95. The minimum absolute atomic E-state index is 0.0490. The molecule has 2 aromatic carbocycles. The van der Waals surface area contributed by atoms with E-state index in [9.17, 15) is 35.2 Å². The third-order valence-electron chi connectivity index (χ3n) is 5.49. The van der Waals surface area contributed by atoms with Crippen molar-refractivity contribution >= 4 is 26.8 Å². The lowest BCUT2D eigenvalue weighted by Crippen LogP contribution is -2.40. The first-order valence-electron chi connectivity index (χ1n) is 10.2. The fourth-order valence-corrected chi connectivity index (χ4v) is 5.58. The smallest absolute Gasteiger partial charge is 0.443 e. The summed E-state index contributed by atoms with van der Waals surface area (Å²) in [6, 6.07) is 6.15.